The number of hydrogen-bond donors (Lipinski definition) is 0. The van der Waals surface area contributed by atoms with Crippen LogP contribution in [0.25, 0.3) is 43.8 Å². The van der Waals surface area contributed by atoms with Gasteiger partial charge in [-0.25, -0.2) is 0 Å². The van der Waals surface area contributed by atoms with Crippen LogP contribution in [0.3, 0.4) is 0 Å². The van der Waals surface area contributed by atoms with E-state index in [-0.39, 0.29) is 25.7 Å². The Morgan fingerprint density at radius 2 is 1.09 bits per heavy atom. The number of hydrogen-bond acceptors (Lipinski definition) is 0. The maximum atomic E-state index is 2.35. The first-order valence-corrected chi connectivity index (χ1v) is 23.5. The molecule has 0 bridgehead atoms. The third-order valence-electron chi connectivity index (χ3n) is 8.81. The summed E-state index contributed by atoms with van der Waals surface area (Å²) in [5.41, 5.74) is 12.6. The minimum absolute atomic E-state index is 0. The van der Waals surface area contributed by atoms with E-state index in [1.807, 2.05) is 0 Å². The molecule has 2 radical (unpaired) electrons. The van der Waals surface area contributed by atoms with Crippen molar-refractivity contribution in [3.63, 3.8) is 0 Å². The van der Waals surface area contributed by atoms with Crippen LogP contribution in [0.1, 0.15) is 89.1 Å². The van der Waals surface area contributed by atoms with E-state index in [2.05, 4.69) is 185 Å². The second-order valence-electron chi connectivity index (χ2n) is 14.7. The Balaban J connectivity index is 0.000000299. The summed E-state index contributed by atoms with van der Waals surface area (Å²) in [6.45, 7) is 22.4. The van der Waals surface area contributed by atoms with E-state index in [9.17, 15) is 0 Å². The van der Waals surface area contributed by atoms with Gasteiger partial charge in [-0.1, -0.05) is 141 Å². The molecule has 2 heteroatoms. The second kappa shape index (κ2) is 16.8. The maximum absolute atomic E-state index is 2.35. The van der Waals surface area contributed by atoms with Crippen molar-refractivity contribution in [1.82, 2.24) is 0 Å². The fourth-order valence-electron chi connectivity index (χ4n) is 5.98. The first-order chi connectivity index (χ1) is 21.2. The van der Waals surface area contributed by atoms with Crippen molar-refractivity contribution in [2.75, 3.05) is 0 Å². The van der Waals surface area contributed by atoms with Crippen LogP contribution in [0.15, 0.2) is 103 Å². The molecule has 0 saturated heterocycles. The second-order valence-corrected chi connectivity index (χ2v) is 14.7. The van der Waals surface area contributed by atoms with Crippen LogP contribution in [0.4, 0.5) is 0 Å². The summed E-state index contributed by atoms with van der Waals surface area (Å²) in [4.78, 5) is 0. The molecule has 0 aromatic heterocycles. The quantitative estimate of drug-likeness (QED) is 0.125. The van der Waals surface area contributed by atoms with Crippen molar-refractivity contribution in [3.8, 4) is 22.3 Å². The SMILES string of the molecule is CC(C)c1cc2c(-c3ccc(C(C)(C)C)cc3)cccc2[cH-]1.Cc1cc2c(-c3ccc(C(C)(C)C)cc3)ccc(C)c2[cH-]1.[CH3-].[CH3-].[Ge]=[Zr]. The van der Waals surface area contributed by atoms with E-state index in [0.29, 0.717) is 5.92 Å². The van der Waals surface area contributed by atoms with Crippen molar-refractivity contribution in [3.05, 3.63) is 146 Å². The molecule has 0 aliphatic heterocycles. The van der Waals surface area contributed by atoms with E-state index < -0.39 is 0 Å². The molecule has 6 aromatic carbocycles. The molecule has 47 heavy (non-hydrogen) atoms. The fraction of sp³-hybridized carbons (Fsp3) is 0.289. The monoisotopic (exact) mass is 758 g/mol. The molecule has 0 saturated carbocycles. The van der Waals surface area contributed by atoms with Gasteiger partial charge >= 0.3 is 33.7 Å². The molecule has 0 nitrogen and oxygen atoms in total. The predicted octanol–water partition coefficient (Wildman–Crippen LogP) is 13.3. The molecule has 0 aliphatic carbocycles. The van der Waals surface area contributed by atoms with Gasteiger partial charge in [0.15, 0.2) is 0 Å². The average molecular weight is 759 g/mol. The van der Waals surface area contributed by atoms with Gasteiger partial charge in [0, 0.05) is 0 Å². The molecule has 0 amide bonds. The fourth-order valence-corrected chi connectivity index (χ4v) is 5.98. The van der Waals surface area contributed by atoms with Gasteiger partial charge in [-0.05, 0) is 39.0 Å². The molecule has 0 spiro atoms. The van der Waals surface area contributed by atoms with Crippen molar-refractivity contribution in [2.45, 2.75) is 86.0 Å². The topological polar surface area (TPSA) is 0 Å². The summed E-state index contributed by atoms with van der Waals surface area (Å²) in [7, 11) is 0. The van der Waals surface area contributed by atoms with Crippen molar-refractivity contribution >= 4 is 33.7 Å². The number of fused-ring (bicyclic) bond motifs is 2. The van der Waals surface area contributed by atoms with E-state index >= 15 is 0 Å². The van der Waals surface area contributed by atoms with Gasteiger partial charge in [-0.15, -0.1) is 68.6 Å². The zero-order chi connectivity index (χ0) is 33.1. The van der Waals surface area contributed by atoms with Gasteiger partial charge in [0.25, 0.3) is 0 Å². The van der Waals surface area contributed by atoms with E-state index in [1.54, 1.807) is 21.6 Å². The molecule has 6 aromatic rings. The first-order valence-electron chi connectivity index (χ1n) is 16.1. The molecule has 0 unspecified atom stereocenters. The Hall–Kier alpha value is -2.47. The van der Waals surface area contributed by atoms with Gasteiger partial charge in [0.1, 0.15) is 0 Å². The summed E-state index contributed by atoms with van der Waals surface area (Å²) in [5, 5.41) is 5.47. The van der Waals surface area contributed by atoms with Gasteiger partial charge in [-0.3, -0.25) is 0 Å². The number of benzene rings is 4. The molecular weight excluding hydrogens is 704 g/mol. The van der Waals surface area contributed by atoms with Gasteiger partial charge in [0.05, 0.1) is 0 Å². The Kier molecular flexibility index (Phi) is 14.5. The molecule has 0 fully saturated rings. The molecular formula is C45H54GeZr-4. The zero-order valence-electron chi connectivity index (χ0n) is 30.9. The van der Waals surface area contributed by atoms with Crippen molar-refractivity contribution in [1.29, 1.82) is 0 Å². The van der Waals surface area contributed by atoms with E-state index in [1.165, 1.54) is 71.6 Å². The van der Waals surface area contributed by atoms with Crippen LogP contribution in [0.5, 0.6) is 0 Å². The summed E-state index contributed by atoms with van der Waals surface area (Å²) in [6.07, 6.45) is 0. The zero-order valence-corrected chi connectivity index (χ0v) is 35.4. The van der Waals surface area contributed by atoms with Crippen LogP contribution >= 0.6 is 0 Å². The van der Waals surface area contributed by atoms with Crippen LogP contribution in [-0.2, 0) is 32.4 Å². The normalized spacial score (nSPS) is 11.2. The number of rotatable bonds is 3. The minimum atomic E-state index is 0. The Morgan fingerprint density at radius 3 is 1.55 bits per heavy atom. The molecule has 6 rings (SSSR count). The van der Waals surface area contributed by atoms with E-state index in [0.717, 1.165) is 0 Å². The van der Waals surface area contributed by atoms with Gasteiger partial charge in [-0.2, -0.15) is 12.1 Å². The first kappa shape index (κ1) is 40.7. The summed E-state index contributed by atoms with van der Waals surface area (Å²) >= 11 is 3.64. The van der Waals surface area contributed by atoms with Gasteiger partial charge in [0.2, 0.25) is 0 Å². The molecule has 0 N–H and O–H groups in total. The van der Waals surface area contributed by atoms with E-state index in [4.69, 9.17) is 0 Å². The molecule has 0 aliphatic rings. The molecule has 0 heterocycles. The van der Waals surface area contributed by atoms with Crippen LogP contribution in [0.2, 0.25) is 0 Å². The number of aryl methyl sites for hydroxylation is 2. The average Bonchev–Trinajstić information content (AvgIpc) is 3.62. The van der Waals surface area contributed by atoms with Gasteiger partial charge < -0.3 is 14.9 Å². The molecule has 0 atom stereocenters. The third kappa shape index (κ3) is 9.58. The Labute approximate surface area is 307 Å². The van der Waals surface area contributed by atoms with Crippen LogP contribution in [-0.4, -0.2) is 12.1 Å². The molecule has 246 valence electrons. The van der Waals surface area contributed by atoms with Crippen molar-refractivity contribution in [2.24, 2.45) is 0 Å². The third-order valence-corrected chi connectivity index (χ3v) is 8.81. The standard InChI is InChI=1S/C22H25.C21H23.2CH3.Ge.Zr/c1-15(2)18-13-17-7-6-8-20(21(17)14-18)16-9-11-19(12-10-16)22(3,4)5;1-14-12-19-15(2)6-11-18(20(19)13-14)16-7-9-17(10-8-16)21(3,4)5;;;;/h6-15H,1-5H3;6-13H,1-5H3;2*1H3;;/q4*-1;;. The summed E-state index contributed by atoms with van der Waals surface area (Å²) in [5.74, 6) is 0.573. The van der Waals surface area contributed by atoms with Crippen molar-refractivity contribution < 1.29 is 21.6 Å². The Morgan fingerprint density at radius 1 is 0.596 bits per heavy atom. The predicted molar refractivity (Wildman–Crippen MR) is 209 cm³/mol. The van der Waals surface area contributed by atoms with Crippen LogP contribution in [0, 0.1) is 28.7 Å². The Bertz CT molecular complexity index is 1860. The summed E-state index contributed by atoms with van der Waals surface area (Å²) in [6, 6.07) is 38.5. The van der Waals surface area contributed by atoms with Crippen LogP contribution < -0.4 is 0 Å². The summed E-state index contributed by atoms with van der Waals surface area (Å²) < 4.78 is 0.